The van der Waals surface area contributed by atoms with Crippen LogP contribution in [0, 0.1) is 7.43 Å². The maximum Gasteiger partial charge on any atom is 0.407 e. The quantitative estimate of drug-likeness (QED) is 0.0903. The number of urea groups is 1. The fourth-order valence-electron chi connectivity index (χ4n) is 5.84. The summed E-state index contributed by atoms with van der Waals surface area (Å²) in [5.41, 5.74) is 11.3. The van der Waals surface area contributed by atoms with Crippen LogP contribution in [0.25, 0.3) is 0 Å². The number of ether oxygens (including phenoxy) is 2. The van der Waals surface area contributed by atoms with Gasteiger partial charge in [0, 0.05) is 63.7 Å². The van der Waals surface area contributed by atoms with E-state index >= 15 is 0 Å². The van der Waals surface area contributed by atoms with E-state index in [1.165, 1.54) is 27.4 Å². The van der Waals surface area contributed by atoms with Crippen LogP contribution < -0.4 is 34.7 Å². The van der Waals surface area contributed by atoms with E-state index in [9.17, 15) is 19.5 Å². The molecule has 61 heavy (non-hydrogen) atoms. The molecule has 0 bridgehead atoms. The number of hydrogen-bond acceptors (Lipinski definition) is 12. The van der Waals surface area contributed by atoms with E-state index in [0.29, 0.717) is 51.9 Å². The van der Waals surface area contributed by atoms with Gasteiger partial charge in [-0.25, -0.2) is 14.6 Å². The zero-order chi connectivity index (χ0) is 42.1. The first-order valence-corrected chi connectivity index (χ1v) is 33.3. The van der Waals surface area contributed by atoms with Gasteiger partial charge < -0.3 is 40.6 Å². The Bertz CT molecular complexity index is 1730. The summed E-state index contributed by atoms with van der Waals surface area (Å²) in [6.07, 6.45) is 4.79. The van der Waals surface area contributed by atoms with Gasteiger partial charge in [-0.1, -0.05) is 81.9 Å². The van der Waals surface area contributed by atoms with Crippen LogP contribution in [-0.4, -0.2) is 95.9 Å². The summed E-state index contributed by atoms with van der Waals surface area (Å²) in [6.45, 7) is 8.13. The van der Waals surface area contributed by atoms with Gasteiger partial charge in [-0.15, -0.1) is 46.7 Å². The van der Waals surface area contributed by atoms with Crippen molar-refractivity contribution in [1.82, 2.24) is 30.4 Å². The van der Waals surface area contributed by atoms with E-state index in [0.717, 1.165) is 54.4 Å². The third kappa shape index (κ3) is 25.5. The second kappa shape index (κ2) is 34.7. The van der Waals surface area contributed by atoms with E-state index in [1.54, 1.807) is 30.1 Å². The Morgan fingerprint density at radius 2 is 1.59 bits per heavy atom. The smallest absolute Gasteiger partial charge is 0.407 e. The Hall–Kier alpha value is -1.62. The van der Waals surface area contributed by atoms with Crippen molar-refractivity contribution in [3.05, 3.63) is 112 Å². The number of benzene rings is 2. The number of carboxylic acids is 1. The van der Waals surface area contributed by atoms with Gasteiger partial charge in [0.05, 0.1) is 52.9 Å². The number of nitrogens with one attached hydrogen (secondary N) is 2. The number of nitrogens with zero attached hydrogens (tertiary/aromatic N) is 4. The van der Waals surface area contributed by atoms with Gasteiger partial charge in [-0.3, -0.25) is 9.88 Å². The number of aliphatic carboxylic acids is 1. The number of thiazole rings is 2. The number of halogens is 4. The second-order valence-electron chi connectivity index (χ2n) is 13.9. The number of carboxylic acid groups (broad SMARTS) is 1. The molecule has 0 radical (unpaired) electrons. The van der Waals surface area contributed by atoms with Crippen molar-refractivity contribution in [3.8, 4) is 0 Å². The Balaban J connectivity index is 0.00000106. The Morgan fingerprint density at radius 3 is 2.13 bits per heavy atom. The van der Waals surface area contributed by atoms with E-state index in [4.69, 9.17) is 15.2 Å². The fourth-order valence-corrected chi connectivity index (χ4v) is 7.17. The van der Waals surface area contributed by atoms with Crippen LogP contribution >= 0.6 is 83.9 Å². The first-order valence-electron chi connectivity index (χ1n) is 18.9. The molecule has 342 valence electrons. The average molecular weight is 1330 g/mol. The Labute approximate surface area is 418 Å². The molecule has 5 rings (SSSR count). The summed E-state index contributed by atoms with van der Waals surface area (Å²) in [5, 5.41) is 19.9. The van der Waals surface area contributed by atoms with Crippen LogP contribution in [0.15, 0.2) is 77.8 Å². The molecule has 3 atom stereocenters. The van der Waals surface area contributed by atoms with Gasteiger partial charge in [-0.2, -0.15) is 0 Å². The van der Waals surface area contributed by atoms with Crippen LogP contribution in [0.4, 0.5) is 9.59 Å². The molecule has 4 N–H and O–H groups in total. The molecule has 0 saturated carbocycles. The standard InChI is InChI=1S/C23H27N3O2S.C17H28N4O4S.CH4.CH3.I3.HI/c24-20(13-18-7-3-1-4-8-18)11-12-21(14-19-9-5-2-6-10-19)26-23(27)28-16-22-15-25-17-29-22;1-12(2)15-18-13(11-26-15)10-20(3)17(24)19-14(16(22)23)4-5-21-6-8-25-9-7-21;;;1-3-2;/h1-10,15,17,20-21H,11-14,16,24H2,(H,26,27);11-12,14H,4-10H2,1-3H3,(H,19,24)(H,22,23);1H4;1H3;;1H/q;;;+1;-1;/p-1/t20-,21-;14-;;;;/m10..../s1. The van der Waals surface area contributed by atoms with E-state index in [2.05, 4.69) is 101 Å². The van der Waals surface area contributed by atoms with Crippen molar-refractivity contribution in [1.29, 1.82) is 0 Å². The maximum absolute atomic E-state index is 12.3. The molecule has 4 aromatic rings. The van der Waals surface area contributed by atoms with Gasteiger partial charge in [0.1, 0.15) is 6.61 Å². The minimum absolute atomic E-state index is 0. The second-order valence-corrected chi connectivity index (χ2v) is 32.0. The topological polar surface area (TPSA) is 175 Å². The molecule has 1 aliphatic rings. The summed E-state index contributed by atoms with van der Waals surface area (Å²) in [4.78, 5) is 48.9. The van der Waals surface area contributed by atoms with Crippen LogP contribution in [0.5, 0.6) is 0 Å². The van der Waals surface area contributed by atoms with Crippen molar-refractivity contribution in [2.45, 2.75) is 90.6 Å². The summed E-state index contributed by atoms with van der Waals surface area (Å²) in [5.74, 6) is -0.925. The minimum Gasteiger partial charge on any atom is -0.444 e. The van der Waals surface area contributed by atoms with Crippen LogP contribution in [-0.2, 0) is 40.3 Å². The third-order valence-corrected chi connectivity index (χ3v) is 10.9. The molecule has 19 heteroatoms. The number of amides is 3. The molecule has 1 saturated heterocycles. The summed E-state index contributed by atoms with van der Waals surface area (Å²) in [7, 11) is 1.62. The van der Waals surface area contributed by atoms with E-state index < -0.39 is 24.1 Å². The number of carbonyl (C=O) groups excluding carboxylic acids is 3. The molecule has 1 fully saturated rings. The fraction of sp³-hybridized carbons (Fsp3) is 0.476. The van der Waals surface area contributed by atoms with Crippen molar-refractivity contribution in [3.63, 3.8) is 0 Å². The predicted molar refractivity (Wildman–Crippen MR) is 270 cm³/mol. The third-order valence-electron chi connectivity index (χ3n) is 8.93. The largest absolute Gasteiger partial charge is 0.444 e. The number of morpholine rings is 1. The van der Waals surface area contributed by atoms with Crippen molar-refractivity contribution >= 4 is 102 Å². The first kappa shape index (κ1) is 59.4. The van der Waals surface area contributed by atoms with Gasteiger partial charge in [0.15, 0.2) is 0 Å². The van der Waals surface area contributed by atoms with Crippen molar-refractivity contribution < 1.29 is 42.2 Å². The minimum atomic E-state index is -1.27. The van der Waals surface area contributed by atoms with E-state index in [1.807, 2.05) is 41.8 Å². The average Bonchev–Trinajstić information content (AvgIpc) is 3.92. The molecular weight excluding hydrogens is 1270 g/mol. The maximum atomic E-state index is 12.3. The van der Waals surface area contributed by atoms with E-state index in [-0.39, 0.29) is 57.5 Å². The monoisotopic (exact) mass is 1330 g/mol. The zero-order valence-electron chi connectivity index (χ0n) is 34.5. The zero-order valence-corrected chi connectivity index (χ0v) is 44.9. The van der Waals surface area contributed by atoms with Gasteiger partial charge in [0.2, 0.25) is 0 Å². The number of aromatic nitrogens is 2. The normalized spacial score (nSPS) is 13.5. The number of carbonyl (C=O) groups is 3. The van der Waals surface area contributed by atoms with Gasteiger partial charge >= 0.3 is 62.6 Å². The van der Waals surface area contributed by atoms with Crippen LogP contribution in [0.2, 0.25) is 0 Å². The molecule has 0 aliphatic carbocycles. The summed E-state index contributed by atoms with van der Waals surface area (Å²) >= 11 is 8.33. The molecule has 3 heterocycles. The van der Waals surface area contributed by atoms with Crippen molar-refractivity contribution in [2.24, 2.45) is 5.73 Å². The first-order chi connectivity index (χ1) is 28.0. The number of rotatable bonds is 18. The predicted octanol–water partition coefficient (Wildman–Crippen LogP) is 5.06. The molecule has 0 spiro atoms. The molecule has 3 amide bonds. The molecular formula is C42H62I4N7O6S2-. The Morgan fingerprint density at radius 1 is 0.984 bits per heavy atom. The number of alkyl carbamates (subject to hydrolysis) is 1. The van der Waals surface area contributed by atoms with Crippen molar-refractivity contribution in [2.75, 3.05) is 39.9 Å². The van der Waals surface area contributed by atoms with Gasteiger partial charge in [0.25, 0.3) is 0 Å². The summed E-state index contributed by atoms with van der Waals surface area (Å²) in [6, 6.07) is 19.0. The van der Waals surface area contributed by atoms with Gasteiger partial charge in [-0.05, 0) is 43.2 Å². The molecule has 2 aromatic carbocycles. The summed E-state index contributed by atoms with van der Waals surface area (Å²) < 4.78 is 10.6. The SMILES string of the molecule is C.CC(C)c1nc(CN(C)C(=O)N[C@@H](CCN2CCOCC2)C(=O)[O-])cs1.I.I[I-]I.N[C@H](CC[C@H](Cc1ccccc1)NC(=O)OCc1cncs1)Cc1ccccc1.[CH3+]. The Kier molecular flexibility index (Phi) is 33.8. The molecule has 13 nitrogen and oxygen atoms in total. The molecule has 1 aliphatic heterocycles. The number of nitrogens with two attached hydrogens (primary N) is 1. The van der Waals surface area contributed by atoms with Crippen LogP contribution in [0.3, 0.4) is 0 Å². The molecule has 0 unspecified atom stereocenters. The molecule has 2 aromatic heterocycles. The number of hydrogen-bond donors (Lipinski definition) is 3. The van der Waals surface area contributed by atoms with Crippen LogP contribution in [0.1, 0.15) is 73.2 Å².